The van der Waals surface area contributed by atoms with E-state index in [-0.39, 0.29) is 12.6 Å². The fourth-order valence-corrected chi connectivity index (χ4v) is 5.16. The van der Waals surface area contributed by atoms with Crippen LogP contribution in [0.5, 0.6) is 0 Å². The Morgan fingerprint density at radius 2 is 1.95 bits per heavy atom. The predicted octanol–water partition coefficient (Wildman–Crippen LogP) is 1.46. The van der Waals surface area contributed by atoms with E-state index in [9.17, 15) is 13.2 Å². The van der Waals surface area contributed by atoms with Crippen LogP contribution in [0, 0.1) is 5.92 Å². The maximum atomic E-state index is 12.8. The zero-order valence-electron chi connectivity index (χ0n) is 12.3. The first kappa shape index (κ1) is 16.5. The summed E-state index contributed by atoms with van der Waals surface area (Å²) >= 11 is 0. The zero-order chi connectivity index (χ0) is 15.5. The van der Waals surface area contributed by atoms with Crippen molar-refractivity contribution in [2.24, 2.45) is 5.92 Å². The van der Waals surface area contributed by atoms with Crippen molar-refractivity contribution in [2.45, 2.75) is 44.6 Å². The van der Waals surface area contributed by atoms with Gasteiger partial charge in [-0.3, -0.25) is 4.79 Å². The third-order valence-electron chi connectivity index (χ3n) is 4.40. The van der Waals surface area contributed by atoms with Crippen molar-refractivity contribution in [3.63, 3.8) is 0 Å². The van der Waals surface area contributed by atoms with Crippen LogP contribution < -0.4 is 0 Å². The van der Waals surface area contributed by atoms with Crippen LogP contribution in [-0.4, -0.2) is 53.8 Å². The minimum atomic E-state index is -3.60. The van der Waals surface area contributed by atoms with Crippen LogP contribution in [0.2, 0.25) is 0 Å². The normalized spacial score (nSPS) is 25.3. The Labute approximate surface area is 126 Å². The van der Waals surface area contributed by atoms with E-state index in [0.29, 0.717) is 25.9 Å². The van der Waals surface area contributed by atoms with E-state index >= 15 is 0 Å². The van der Waals surface area contributed by atoms with E-state index in [1.807, 2.05) is 0 Å². The topological polar surface area (TPSA) is 77.9 Å². The van der Waals surface area contributed by atoms with Crippen LogP contribution in [0.25, 0.3) is 0 Å². The molecule has 2 rings (SSSR count). The molecule has 0 aromatic rings. The van der Waals surface area contributed by atoms with Gasteiger partial charge < -0.3 is 5.11 Å². The van der Waals surface area contributed by atoms with Gasteiger partial charge in [-0.1, -0.05) is 18.9 Å². The van der Waals surface area contributed by atoms with Gasteiger partial charge in [0, 0.05) is 25.7 Å². The summed E-state index contributed by atoms with van der Waals surface area (Å²) in [6.07, 6.45) is 6.60. The lowest BCUT2D eigenvalue weighted by molar-refractivity contribution is -0.142. The van der Waals surface area contributed by atoms with E-state index in [0.717, 1.165) is 25.7 Å². The number of carboxylic acid groups (broad SMARTS) is 1. The molecule has 1 unspecified atom stereocenters. The first-order valence-electron chi connectivity index (χ1n) is 7.57. The lowest BCUT2D eigenvalue weighted by Crippen LogP contribution is -2.51. The summed E-state index contributed by atoms with van der Waals surface area (Å²) in [5, 5.41) is 9.12. The molecule has 1 aliphatic carbocycles. The first-order valence-corrected chi connectivity index (χ1v) is 8.97. The number of carboxylic acids is 1. The molecule has 2 fully saturated rings. The van der Waals surface area contributed by atoms with Crippen molar-refractivity contribution in [1.29, 1.82) is 0 Å². The molecule has 0 spiro atoms. The number of piperidine rings is 1. The Morgan fingerprint density at radius 3 is 2.52 bits per heavy atom. The largest absolute Gasteiger partial charge is 0.481 e. The number of hydrogen-bond acceptors (Lipinski definition) is 3. The van der Waals surface area contributed by atoms with Gasteiger partial charge in [-0.05, 0) is 25.7 Å². The van der Waals surface area contributed by atoms with Crippen LogP contribution >= 0.6 is 0 Å². The van der Waals surface area contributed by atoms with Gasteiger partial charge in [0.25, 0.3) is 10.2 Å². The lowest BCUT2D eigenvalue weighted by Gasteiger charge is -2.36. The molecule has 1 N–H and O–H groups in total. The minimum Gasteiger partial charge on any atom is -0.481 e. The Kier molecular flexibility index (Phi) is 5.40. The number of hydrogen-bond donors (Lipinski definition) is 1. The van der Waals surface area contributed by atoms with Crippen LogP contribution in [0.3, 0.4) is 0 Å². The van der Waals surface area contributed by atoms with Gasteiger partial charge in [-0.15, -0.1) is 6.58 Å². The van der Waals surface area contributed by atoms with Gasteiger partial charge in [0.2, 0.25) is 0 Å². The van der Waals surface area contributed by atoms with Gasteiger partial charge in [0.05, 0.1) is 5.92 Å². The lowest BCUT2D eigenvalue weighted by atomic mass is 10.0. The second-order valence-electron chi connectivity index (χ2n) is 5.84. The number of carbonyl (C=O) groups is 1. The highest BCUT2D eigenvalue weighted by Crippen LogP contribution is 2.29. The molecule has 6 nitrogen and oxygen atoms in total. The number of rotatable bonds is 6. The Bertz CT molecular complexity index is 485. The van der Waals surface area contributed by atoms with Crippen molar-refractivity contribution < 1.29 is 18.3 Å². The Hall–Kier alpha value is -0.920. The summed E-state index contributed by atoms with van der Waals surface area (Å²) in [6.45, 7) is 4.44. The van der Waals surface area contributed by atoms with Crippen LogP contribution in [0.4, 0.5) is 0 Å². The second-order valence-corrected chi connectivity index (χ2v) is 7.72. The maximum Gasteiger partial charge on any atom is 0.307 e. The molecule has 120 valence electrons. The third-order valence-corrected chi connectivity index (χ3v) is 6.42. The van der Waals surface area contributed by atoms with Crippen LogP contribution in [0.15, 0.2) is 12.7 Å². The summed E-state index contributed by atoms with van der Waals surface area (Å²) in [6, 6.07) is 0.0261. The highest BCUT2D eigenvalue weighted by atomic mass is 32.2. The standard InChI is InChI=1S/C14H24N2O4S/c1-2-9-16(13-7-3-4-8-13)21(19,20)15-10-5-6-12(11-15)14(17)18/h2,12-13H,1,3-11H2,(H,17,18). The molecule has 21 heavy (non-hydrogen) atoms. The van der Waals surface area contributed by atoms with Crippen molar-refractivity contribution in [1.82, 2.24) is 8.61 Å². The van der Waals surface area contributed by atoms with E-state index < -0.39 is 22.1 Å². The van der Waals surface area contributed by atoms with Crippen molar-refractivity contribution in [3.8, 4) is 0 Å². The summed E-state index contributed by atoms with van der Waals surface area (Å²) in [5.41, 5.74) is 0. The van der Waals surface area contributed by atoms with Gasteiger partial charge in [-0.25, -0.2) is 0 Å². The summed E-state index contributed by atoms with van der Waals surface area (Å²) in [5.74, 6) is -1.51. The molecule has 1 heterocycles. The predicted molar refractivity (Wildman–Crippen MR) is 80.0 cm³/mol. The molecule has 7 heteroatoms. The van der Waals surface area contributed by atoms with E-state index in [1.54, 1.807) is 6.08 Å². The summed E-state index contributed by atoms with van der Waals surface area (Å²) in [4.78, 5) is 11.1. The molecular weight excluding hydrogens is 292 g/mol. The van der Waals surface area contributed by atoms with Crippen molar-refractivity contribution in [2.75, 3.05) is 19.6 Å². The monoisotopic (exact) mass is 316 g/mol. The van der Waals surface area contributed by atoms with E-state index in [1.165, 1.54) is 8.61 Å². The molecular formula is C14H24N2O4S. The molecule has 2 aliphatic rings. The Balaban J connectivity index is 2.16. The van der Waals surface area contributed by atoms with Gasteiger partial charge in [-0.2, -0.15) is 17.0 Å². The van der Waals surface area contributed by atoms with E-state index in [2.05, 4.69) is 6.58 Å². The smallest absolute Gasteiger partial charge is 0.307 e. The van der Waals surface area contributed by atoms with Gasteiger partial charge in [0.15, 0.2) is 0 Å². The molecule has 0 aromatic carbocycles. The second kappa shape index (κ2) is 6.89. The number of aliphatic carboxylic acids is 1. The molecule has 1 saturated heterocycles. The maximum absolute atomic E-state index is 12.8. The Morgan fingerprint density at radius 1 is 1.29 bits per heavy atom. The van der Waals surface area contributed by atoms with E-state index in [4.69, 9.17) is 5.11 Å². The molecule has 1 atom stereocenters. The van der Waals surface area contributed by atoms with Crippen LogP contribution in [-0.2, 0) is 15.0 Å². The molecule has 0 aromatic heterocycles. The quantitative estimate of drug-likeness (QED) is 0.753. The molecule has 0 radical (unpaired) electrons. The highest BCUT2D eigenvalue weighted by molar-refractivity contribution is 7.86. The van der Waals surface area contributed by atoms with Gasteiger partial charge >= 0.3 is 5.97 Å². The fraction of sp³-hybridized carbons (Fsp3) is 0.786. The molecule has 0 amide bonds. The zero-order valence-corrected chi connectivity index (χ0v) is 13.1. The van der Waals surface area contributed by atoms with Crippen LogP contribution in [0.1, 0.15) is 38.5 Å². The highest BCUT2D eigenvalue weighted by Gasteiger charge is 2.39. The summed E-state index contributed by atoms with van der Waals surface area (Å²) in [7, 11) is -3.60. The number of nitrogens with zero attached hydrogens (tertiary/aromatic N) is 2. The van der Waals surface area contributed by atoms with Gasteiger partial charge in [0.1, 0.15) is 0 Å². The molecule has 0 bridgehead atoms. The SMILES string of the molecule is C=CCN(C1CCCC1)S(=O)(=O)N1CCCC(C(=O)O)C1. The average Bonchev–Trinajstić information content (AvgIpc) is 2.98. The van der Waals surface area contributed by atoms with Crippen molar-refractivity contribution >= 4 is 16.2 Å². The van der Waals surface area contributed by atoms with Crippen molar-refractivity contribution in [3.05, 3.63) is 12.7 Å². The summed E-state index contributed by atoms with van der Waals surface area (Å²) < 4.78 is 28.5. The third kappa shape index (κ3) is 3.64. The first-order chi connectivity index (χ1) is 9.96. The average molecular weight is 316 g/mol. The minimum absolute atomic E-state index is 0.0261. The molecule has 1 saturated carbocycles. The molecule has 1 aliphatic heterocycles. The fourth-order valence-electron chi connectivity index (χ4n) is 3.25.